The molecule has 0 aliphatic rings. The molecule has 1 amide bonds. The Bertz CT molecular complexity index is 572. The minimum atomic E-state index is -1.13. The molecule has 0 aliphatic carbocycles. The highest BCUT2D eigenvalue weighted by Gasteiger charge is 2.26. The predicted octanol–water partition coefficient (Wildman–Crippen LogP) is 10.7. The van der Waals surface area contributed by atoms with Crippen LogP contribution in [-0.4, -0.2) is 46.1 Å². The number of hydrogen-bond acceptors (Lipinski definition) is 4. The van der Waals surface area contributed by atoms with Crippen molar-refractivity contribution >= 4 is 5.91 Å². The van der Waals surface area contributed by atoms with E-state index in [-0.39, 0.29) is 12.5 Å². The zero-order valence-corrected chi connectivity index (χ0v) is 29.8. The quantitative estimate of drug-likeness (QED) is 0.0521. The van der Waals surface area contributed by atoms with Gasteiger partial charge in [0.05, 0.1) is 18.8 Å². The molecule has 0 spiro atoms. The number of aliphatic hydroxyl groups excluding tert-OH is 3. The normalized spacial score (nSPS) is 13.7. The molecule has 0 saturated heterocycles. The van der Waals surface area contributed by atoms with E-state index in [0.29, 0.717) is 12.8 Å². The van der Waals surface area contributed by atoms with Crippen LogP contribution in [0.15, 0.2) is 0 Å². The van der Waals surface area contributed by atoms with E-state index in [1.165, 1.54) is 161 Å². The van der Waals surface area contributed by atoms with Gasteiger partial charge in [-0.05, 0) is 12.8 Å². The van der Waals surface area contributed by atoms with Gasteiger partial charge in [0.15, 0.2) is 0 Å². The molecular weight excluding hydrogens is 546 g/mol. The van der Waals surface area contributed by atoms with Gasteiger partial charge in [0.2, 0.25) is 5.91 Å². The van der Waals surface area contributed by atoms with E-state index in [1.54, 1.807) is 0 Å². The summed E-state index contributed by atoms with van der Waals surface area (Å²) >= 11 is 0. The average molecular weight is 626 g/mol. The van der Waals surface area contributed by atoms with Gasteiger partial charge in [0, 0.05) is 6.42 Å². The van der Waals surface area contributed by atoms with Crippen molar-refractivity contribution in [3.05, 3.63) is 0 Å². The highest BCUT2D eigenvalue weighted by molar-refractivity contribution is 5.76. The molecule has 0 aromatic rings. The van der Waals surface area contributed by atoms with Crippen molar-refractivity contribution in [1.29, 1.82) is 0 Å². The van der Waals surface area contributed by atoms with Crippen LogP contribution in [0.2, 0.25) is 0 Å². The summed E-state index contributed by atoms with van der Waals surface area (Å²) in [4.78, 5) is 12.3. The predicted molar refractivity (Wildman–Crippen MR) is 190 cm³/mol. The summed E-state index contributed by atoms with van der Waals surface area (Å²) in [7, 11) is 0. The Labute approximate surface area is 275 Å². The lowest BCUT2D eigenvalue weighted by molar-refractivity contribution is -0.124. The monoisotopic (exact) mass is 626 g/mol. The highest BCUT2D eigenvalue weighted by atomic mass is 16.3. The Balaban J connectivity index is 3.60. The molecule has 5 nitrogen and oxygen atoms in total. The first-order valence-electron chi connectivity index (χ1n) is 19.8. The number of unbranched alkanes of at least 4 members (excludes halogenated alkanes) is 28. The van der Waals surface area contributed by atoms with Crippen LogP contribution in [0.25, 0.3) is 0 Å². The molecule has 0 bridgehead atoms. The van der Waals surface area contributed by atoms with E-state index in [9.17, 15) is 20.1 Å². The molecule has 3 unspecified atom stereocenters. The van der Waals surface area contributed by atoms with Gasteiger partial charge >= 0.3 is 0 Å². The summed E-state index contributed by atoms with van der Waals surface area (Å²) in [6.07, 6.45) is 37.7. The summed E-state index contributed by atoms with van der Waals surface area (Å²) in [5.74, 6) is -0.144. The third kappa shape index (κ3) is 30.0. The van der Waals surface area contributed by atoms with Crippen LogP contribution < -0.4 is 5.32 Å². The number of hydrogen-bond donors (Lipinski definition) is 4. The van der Waals surface area contributed by atoms with E-state index >= 15 is 0 Å². The summed E-state index contributed by atoms with van der Waals surface area (Å²) in [5, 5.41) is 33.4. The van der Waals surface area contributed by atoms with Crippen molar-refractivity contribution in [3.8, 4) is 0 Å². The van der Waals surface area contributed by atoms with E-state index in [1.807, 2.05) is 0 Å². The van der Waals surface area contributed by atoms with E-state index < -0.39 is 18.2 Å². The summed E-state index contributed by atoms with van der Waals surface area (Å²) in [5.41, 5.74) is 0. The van der Waals surface area contributed by atoms with Crippen molar-refractivity contribution in [1.82, 2.24) is 5.32 Å². The molecule has 0 radical (unpaired) electrons. The first kappa shape index (κ1) is 43.4. The molecule has 0 aromatic carbocycles. The molecule has 0 aliphatic heterocycles. The maximum absolute atomic E-state index is 12.3. The Morgan fingerprint density at radius 3 is 1.09 bits per heavy atom. The molecule has 0 saturated carbocycles. The number of amides is 1. The van der Waals surface area contributed by atoms with Crippen LogP contribution in [-0.2, 0) is 4.79 Å². The van der Waals surface area contributed by atoms with Crippen LogP contribution in [0, 0.1) is 0 Å². The molecule has 44 heavy (non-hydrogen) atoms. The average Bonchev–Trinajstić information content (AvgIpc) is 3.03. The second kappa shape index (κ2) is 35.2. The molecule has 0 rings (SSSR count). The lowest BCUT2D eigenvalue weighted by atomic mass is 9.99. The van der Waals surface area contributed by atoms with Crippen molar-refractivity contribution in [2.45, 2.75) is 238 Å². The maximum atomic E-state index is 12.3. The fraction of sp³-hybridized carbons (Fsp3) is 0.974. The standard InChI is InChI=1S/C39H79NO4/c1-3-5-7-9-11-13-15-16-17-18-19-20-21-22-24-25-27-29-31-33-37(42)39(44)36(35-41)40-38(43)34-32-30-28-26-23-14-12-10-8-6-4-2/h36-37,39,41-42,44H,3-35H2,1-2H3,(H,40,43). The van der Waals surface area contributed by atoms with Crippen molar-refractivity contribution in [3.63, 3.8) is 0 Å². The summed E-state index contributed by atoms with van der Waals surface area (Å²) in [6, 6.07) is -0.800. The van der Waals surface area contributed by atoms with Gasteiger partial charge in [0.1, 0.15) is 6.10 Å². The zero-order chi connectivity index (χ0) is 32.4. The number of carbonyl (C=O) groups is 1. The van der Waals surface area contributed by atoms with Crippen LogP contribution in [0.5, 0.6) is 0 Å². The molecule has 3 atom stereocenters. The lowest BCUT2D eigenvalue weighted by Gasteiger charge is -2.26. The minimum Gasteiger partial charge on any atom is -0.394 e. The topological polar surface area (TPSA) is 89.8 Å². The maximum Gasteiger partial charge on any atom is 0.220 e. The number of nitrogens with one attached hydrogen (secondary N) is 1. The molecule has 264 valence electrons. The van der Waals surface area contributed by atoms with Gasteiger partial charge < -0.3 is 20.6 Å². The molecule has 5 heteroatoms. The van der Waals surface area contributed by atoms with Crippen LogP contribution in [0.1, 0.15) is 219 Å². The number of aliphatic hydroxyl groups is 3. The molecular formula is C39H79NO4. The fourth-order valence-electron chi connectivity index (χ4n) is 6.34. The second-order valence-corrected chi connectivity index (χ2v) is 13.9. The van der Waals surface area contributed by atoms with Gasteiger partial charge in [-0.2, -0.15) is 0 Å². The van der Waals surface area contributed by atoms with Gasteiger partial charge in [-0.1, -0.05) is 200 Å². The Morgan fingerprint density at radius 2 is 0.773 bits per heavy atom. The Hall–Kier alpha value is -0.650. The first-order valence-corrected chi connectivity index (χ1v) is 19.8. The number of carbonyl (C=O) groups excluding carboxylic acids is 1. The zero-order valence-electron chi connectivity index (χ0n) is 29.8. The minimum absolute atomic E-state index is 0.144. The van der Waals surface area contributed by atoms with Crippen LogP contribution in [0.3, 0.4) is 0 Å². The summed E-state index contributed by atoms with van der Waals surface area (Å²) in [6.45, 7) is 4.17. The van der Waals surface area contributed by atoms with E-state index in [4.69, 9.17) is 0 Å². The molecule has 4 N–H and O–H groups in total. The SMILES string of the molecule is CCCCCCCCCCCCCCCCCCCCCC(O)C(O)C(CO)NC(=O)CCCCCCCCCCCCC. The van der Waals surface area contributed by atoms with Gasteiger partial charge in [-0.3, -0.25) is 4.79 Å². The lowest BCUT2D eigenvalue weighted by Crippen LogP contribution is -2.50. The van der Waals surface area contributed by atoms with Gasteiger partial charge in [0.25, 0.3) is 0 Å². The first-order chi connectivity index (χ1) is 21.6. The van der Waals surface area contributed by atoms with Gasteiger partial charge in [-0.15, -0.1) is 0 Å². The highest BCUT2D eigenvalue weighted by Crippen LogP contribution is 2.16. The van der Waals surface area contributed by atoms with Crippen molar-refractivity contribution in [2.24, 2.45) is 0 Å². The third-order valence-electron chi connectivity index (χ3n) is 9.46. The fourth-order valence-corrected chi connectivity index (χ4v) is 6.34. The number of rotatable bonds is 36. The van der Waals surface area contributed by atoms with E-state index in [2.05, 4.69) is 19.2 Å². The summed E-state index contributed by atoms with van der Waals surface area (Å²) < 4.78 is 0. The Morgan fingerprint density at radius 1 is 0.477 bits per heavy atom. The molecule has 0 heterocycles. The Kier molecular flexibility index (Phi) is 34.7. The van der Waals surface area contributed by atoms with Crippen molar-refractivity contribution < 1.29 is 20.1 Å². The van der Waals surface area contributed by atoms with Gasteiger partial charge in [-0.25, -0.2) is 0 Å². The largest absolute Gasteiger partial charge is 0.394 e. The van der Waals surface area contributed by atoms with Crippen LogP contribution in [0.4, 0.5) is 0 Å². The van der Waals surface area contributed by atoms with Crippen LogP contribution >= 0.6 is 0 Å². The van der Waals surface area contributed by atoms with Crippen molar-refractivity contribution in [2.75, 3.05) is 6.61 Å². The smallest absolute Gasteiger partial charge is 0.220 e. The molecule has 0 fully saturated rings. The van der Waals surface area contributed by atoms with E-state index in [0.717, 1.165) is 32.1 Å². The second-order valence-electron chi connectivity index (χ2n) is 13.9. The molecule has 0 aromatic heterocycles. The third-order valence-corrected chi connectivity index (χ3v) is 9.46.